The molecule has 0 radical (unpaired) electrons. The highest BCUT2D eigenvalue weighted by Crippen LogP contribution is 2.32. The molecule has 21 heavy (non-hydrogen) atoms. The van der Waals surface area contributed by atoms with E-state index in [-0.39, 0.29) is 0 Å². The van der Waals surface area contributed by atoms with Gasteiger partial charge in [0, 0.05) is 26.9 Å². The summed E-state index contributed by atoms with van der Waals surface area (Å²) in [5.74, 6) is -1.10. The van der Waals surface area contributed by atoms with E-state index in [1.807, 2.05) is 18.2 Å². The molecule has 2 rings (SSSR count). The first kappa shape index (κ1) is 16.5. The van der Waals surface area contributed by atoms with Gasteiger partial charge < -0.3 is 5.32 Å². The second kappa shape index (κ2) is 7.92. The van der Waals surface area contributed by atoms with E-state index in [0.29, 0.717) is 4.90 Å². The van der Waals surface area contributed by atoms with Crippen LogP contribution in [0.2, 0.25) is 0 Å². The number of hydrogen-bond donors (Lipinski definition) is 1. The summed E-state index contributed by atoms with van der Waals surface area (Å²) in [6, 6.07) is 9.54. The molecule has 0 atom stereocenters. The molecular weight excluding hydrogens is 356 g/mol. The molecule has 1 nitrogen and oxygen atoms in total. The van der Waals surface area contributed by atoms with Crippen LogP contribution in [-0.2, 0) is 6.54 Å². The Bertz CT molecular complexity index is 619. The molecule has 0 aliphatic carbocycles. The zero-order valence-electron chi connectivity index (χ0n) is 11.6. The Balaban J connectivity index is 2.09. The predicted molar refractivity (Wildman–Crippen MR) is 86.6 cm³/mol. The Morgan fingerprint density at radius 1 is 1.14 bits per heavy atom. The van der Waals surface area contributed by atoms with Crippen LogP contribution in [0.1, 0.15) is 18.9 Å². The number of rotatable bonds is 6. The van der Waals surface area contributed by atoms with Gasteiger partial charge in [-0.3, -0.25) is 0 Å². The van der Waals surface area contributed by atoms with E-state index >= 15 is 0 Å². The Morgan fingerprint density at radius 3 is 2.62 bits per heavy atom. The van der Waals surface area contributed by atoms with Gasteiger partial charge in [0.15, 0.2) is 0 Å². The molecule has 0 bridgehead atoms. The lowest BCUT2D eigenvalue weighted by Crippen LogP contribution is -2.14. The lowest BCUT2D eigenvalue weighted by Gasteiger charge is -2.09. The van der Waals surface area contributed by atoms with E-state index in [9.17, 15) is 8.78 Å². The lowest BCUT2D eigenvalue weighted by molar-refractivity contribution is 0.565. The van der Waals surface area contributed by atoms with Crippen molar-refractivity contribution >= 4 is 27.7 Å². The average molecular weight is 372 g/mol. The SMILES string of the molecule is CCCNCc1ccc(Sc2ccc(F)cc2F)cc1Br. The molecule has 1 N–H and O–H groups in total. The molecule has 0 aromatic heterocycles. The summed E-state index contributed by atoms with van der Waals surface area (Å²) in [7, 11) is 0. The molecule has 0 fully saturated rings. The van der Waals surface area contributed by atoms with Gasteiger partial charge in [-0.05, 0) is 42.8 Å². The van der Waals surface area contributed by atoms with Gasteiger partial charge in [0.1, 0.15) is 11.6 Å². The minimum atomic E-state index is -0.560. The molecule has 0 amide bonds. The lowest BCUT2D eigenvalue weighted by atomic mass is 10.2. The van der Waals surface area contributed by atoms with Crippen molar-refractivity contribution in [3.05, 3.63) is 58.1 Å². The molecule has 0 aliphatic rings. The summed E-state index contributed by atoms with van der Waals surface area (Å²) in [5.41, 5.74) is 1.16. The molecule has 0 aliphatic heterocycles. The first-order valence-corrected chi connectivity index (χ1v) is 8.33. The van der Waals surface area contributed by atoms with Crippen molar-refractivity contribution in [1.82, 2.24) is 5.32 Å². The zero-order chi connectivity index (χ0) is 15.2. The van der Waals surface area contributed by atoms with E-state index in [0.717, 1.165) is 40.5 Å². The van der Waals surface area contributed by atoms with Gasteiger partial charge >= 0.3 is 0 Å². The maximum absolute atomic E-state index is 13.6. The molecule has 0 saturated heterocycles. The topological polar surface area (TPSA) is 12.0 Å². The number of halogens is 3. The van der Waals surface area contributed by atoms with Gasteiger partial charge in [0.25, 0.3) is 0 Å². The van der Waals surface area contributed by atoms with Gasteiger partial charge in [0.2, 0.25) is 0 Å². The summed E-state index contributed by atoms with van der Waals surface area (Å²) in [4.78, 5) is 1.33. The van der Waals surface area contributed by atoms with Gasteiger partial charge in [-0.15, -0.1) is 0 Å². The first-order chi connectivity index (χ1) is 10.1. The summed E-state index contributed by atoms with van der Waals surface area (Å²) in [6.07, 6.45) is 1.09. The first-order valence-electron chi connectivity index (χ1n) is 6.72. The number of nitrogens with one attached hydrogen (secondary N) is 1. The Hall–Kier alpha value is -0.910. The Kier molecular flexibility index (Phi) is 6.21. The number of benzene rings is 2. The molecule has 0 heterocycles. The summed E-state index contributed by atoms with van der Waals surface area (Å²) in [5, 5.41) is 3.34. The van der Waals surface area contributed by atoms with E-state index in [2.05, 4.69) is 28.2 Å². The maximum Gasteiger partial charge on any atom is 0.140 e. The van der Waals surface area contributed by atoms with Crippen molar-refractivity contribution in [2.75, 3.05) is 6.54 Å². The molecule has 0 spiro atoms. The molecule has 2 aromatic carbocycles. The van der Waals surface area contributed by atoms with Gasteiger partial charge in [0.05, 0.1) is 0 Å². The predicted octanol–water partition coefficient (Wildman–Crippen LogP) is 5.38. The second-order valence-corrected chi connectivity index (χ2v) is 6.58. The smallest absolute Gasteiger partial charge is 0.140 e. The highest BCUT2D eigenvalue weighted by Gasteiger charge is 2.07. The molecule has 0 unspecified atom stereocenters. The summed E-state index contributed by atoms with van der Waals surface area (Å²) < 4.78 is 27.5. The largest absolute Gasteiger partial charge is 0.313 e. The second-order valence-electron chi connectivity index (χ2n) is 4.61. The fraction of sp³-hybridized carbons (Fsp3) is 0.250. The van der Waals surface area contributed by atoms with Crippen molar-refractivity contribution in [3.63, 3.8) is 0 Å². The highest BCUT2D eigenvalue weighted by molar-refractivity contribution is 9.10. The van der Waals surface area contributed by atoms with Gasteiger partial charge in [-0.25, -0.2) is 8.78 Å². The zero-order valence-corrected chi connectivity index (χ0v) is 14.0. The van der Waals surface area contributed by atoms with E-state index in [1.54, 1.807) is 0 Å². The third-order valence-corrected chi connectivity index (χ3v) is 4.67. The normalized spacial score (nSPS) is 10.9. The van der Waals surface area contributed by atoms with Crippen molar-refractivity contribution in [3.8, 4) is 0 Å². The van der Waals surface area contributed by atoms with E-state index < -0.39 is 11.6 Å². The van der Waals surface area contributed by atoms with Crippen LogP contribution in [0.5, 0.6) is 0 Å². The average Bonchev–Trinajstić information content (AvgIpc) is 2.44. The third kappa shape index (κ3) is 4.80. The van der Waals surface area contributed by atoms with Crippen LogP contribution in [0.3, 0.4) is 0 Å². The fourth-order valence-corrected chi connectivity index (χ4v) is 3.35. The molecule has 0 saturated carbocycles. The summed E-state index contributed by atoms with van der Waals surface area (Å²) >= 11 is 4.82. The quantitative estimate of drug-likeness (QED) is 0.684. The minimum absolute atomic E-state index is 0.417. The van der Waals surface area contributed by atoms with Crippen molar-refractivity contribution in [2.45, 2.75) is 29.7 Å². The number of hydrogen-bond acceptors (Lipinski definition) is 2. The minimum Gasteiger partial charge on any atom is -0.313 e. The van der Waals surface area contributed by atoms with Gasteiger partial charge in [-0.1, -0.05) is 40.7 Å². The van der Waals surface area contributed by atoms with Crippen LogP contribution >= 0.6 is 27.7 Å². The maximum atomic E-state index is 13.6. The molecule has 2 aromatic rings. The molecular formula is C16H16BrF2NS. The monoisotopic (exact) mass is 371 g/mol. The Labute approximate surface area is 136 Å². The summed E-state index contributed by atoms with van der Waals surface area (Å²) in [6.45, 7) is 3.90. The van der Waals surface area contributed by atoms with Crippen LogP contribution < -0.4 is 5.32 Å². The van der Waals surface area contributed by atoms with Crippen LogP contribution in [-0.4, -0.2) is 6.54 Å². The molecule has 112 valence electrons. The van der Waals surface area contributed by atoms with E-state index in [4.69, 9.17) is 0 Å². The van der Waals surface area contributed by atoms with Crippen molar-refractivity contribution in [2.24, 2.45) is 0 Å². The molecule has 5 heteroatoms. The fourth-order valence-electron chi connectivity index (χ4n) is 1.82. The van der Waals surface area contributed by atoms with Crippen LogP contribution in [0.25, 0.3) is 0 Å². The third-order valence-electron chi connectivity index (χ3n) is 2.89. The highest BCUT2D eigenvalue weighted by atomic mass is 79.9. The van der Waals surface area contributed by atoms with Crippen molar-refractivity contribution in [1.29, 1.82) is 0 Å². The van der Waals surface area contributed by atoms with Gasteiger partial charge in [-0.2, -0.15) is 0 Å². The van der Waals surface area contributed by atoms with Crippen LogP contribution in [0.15, 0.2) is 50.7 Å². The standard InChI is InChI=1S/C16H16BrF2NS/c1-2-7-20-10-11-3-5-13(9-14(11)17)21-16-6-4-12(18)8-15(16)19/h3-6,8-9,20H,2,7,10H2,1H3. The van der Waals surface area contributed by atoms with Crippen LogP contribution in [0.4, 0.5) is 8.78 Å². The Morgan fingerprint density at radius 2 is 1.95 bits per heavy atom. The van der Waals surface area contributed by atoms with Crippen molar-refractivity contribution < 1.29 is 8.78 Å². The van der Waals surface area contributed by atoms with E-state index in [1.165, 1.54) is 23.9 Å². The van der Waals surface area contributed by atoms with Crippen LogP contribution in [0, 0.1) is 11.6 Å².